The first-order chi connectivity index (χ1) is 53.5. The van der Waals surface area contributed by atoms with Crippen molar-refractivity contribution < 1.29 is 37.4 Å². The molecule has 4 atom stereocenters. The molecule has 0 fully saturated rings. The number of carbonyl (C=O) groups excluding carboxylic acids is 4. The monoisotopic (exact) mass is 1610 g/mol. The van der Waals surface area contributed by atoms with Gasteiger partial charge in [-0.3, -0.25) is 48.1 Å². The van der Waals surface area contributed by atoms with Crippen LogP contribution in [0.15, 0.2) is 197 Å². The largest absolute Gasteiger partial charge is 0.468 e. The normalized spacial score (nSPS) is 12.1. The van der Waals surface area contributed by atoms with Gasteiger partial charge in [0.1, 0.15) is 60.5 Å². The second-order valence-corrected chi connectivity index (χ2v) is 30.2. The van der Waals surface area contributed by atoms with Gasteiger partial charge in [0.15, 0.2) is 48.0 Å². The van der Waals surface area contributed by atoms with E-state index in [1.165, 1.54) is 104 Å². The van der Waals surface area contributed by atoms with Crippen LogP contribution in [0.1, 0.15) is 51.3 Å². The molecule has 0 bridgehead atoms. The number of aromatic amines is 6. The Morgan fingerprint density at radius 2 is 0.696 bits per heavy atom. The molecule has 0 aliphatic heterocycles. The van der Waals surface area contributed by atoms with Gasteiger partial charge in [-0.2, -0.15) is 25.5 Å². The molecule has 574 valence electrons. The predicted octanol–water partition coefficient (Wildman–Crippen LogP) is 9.75. The van der Waals surface area contributed by atoms with Gasteiger partial charge < -0.3 is 40.1 Å². The number of esters is 2. The van der Waals surface area contributed by atoms with Crippen molar-refractivity contribution in [3.63, 3.8) is 0 Å². The van der Waals surface area contributed by atoms with Crippen LogP contribution in [-0.2, 0) is 28.7 Å². The number of thioether (sulfide) groups is 4. The van der Waals surface area contributed by atoms with Gasteiger partial charge in [0.25, 0.3) is 27.8 Å². The molecular weight excluding hydrogens is 1550 g/mol. The molecule has 8 N–H and O–H groups in total. The first-order valence-corrected chi connectivity index (χ1v) is 37.4. The molecule has 0 aliphatic rings. The Morgan fingerprint density at radius 1 is 0.411 bits per heavy atom. The number of halogens is 2. The van der Waals surface area contributed by atoms with Crippen LogP contribution in [0.25, 0.3) is 83.6 Å². The number of rotatable bonds is 17. The number of fused-ring (bicyclic) bond motifs is 5. The van der Waals surface area contributed by atoms with Crippen LogP contribution in [0.5, 0.6) is 0 Å². The number of Topliss-reactive ketones (excluding diaryl/α,β-unsaturated/α-hetero) is 1. The molecule has 0 saturated carbocycles. The summed E-state index contributed by atoms with van der Waals surface area (Å²) >= 11 is 9.44. The molecule has 5 aromatic carbocycles. The SMILES string of the molecule is CC(=O)C(C)Sc1nc2c(cnn2-c2cccc(C)c2)c(=O)[nH]1.CC(Sc1nc2c(cnn2-c2cccc(F)c2)c(=O)[nH]1)C(N)=O.COC(=O)C(C)Sc1nc2c(cnn2-c2cccc(C)c2)c(=O)[nH]1.COC(=O)C(C)Sc1nc2c(cnn2-c2cccc(F)c2)c(=O)[nH]1.Cc1cccc(-n2ncc3c(=O)[nH]c(=S)[nH]c32)c1. The van der Waals surface area contributed by atoms with Crippen molar-refractivity contribution in [2.75, 3.05) is 14.2 Å². The van der Waals surface area contributed by atoms with Crippen LogP contribution >= 0.6 is 59.3 Å². The van der Waals surface area contributed by atoms with Crippen LogP contribution in [0.2, 0.25) is 0 Å². The van der Waals surface area contributed by atoms with Crippen LogP contribution < -0.4 is 33.5 Å². The molecule has 15 aromatic rings. The number of nitrogens with zero attached hydrogens (tertiary/aromatic N) is 14. The predicted molar refractivity (Wildman–Crippen MR) is 424 cm³/mol. The van der Waals surface area contributed by atoms with Gasteiger partial charge in [-0.05, 0) is 157 Å². The Morgan fingerprint density at radius 3 is 1.01 bits per heavy atom. The van der Waals surface area contributed by atoms with E-state index in [4.69, 9.17) is 22.7 Å². The van der Waals surface area contributed by atoms with Crippen molar-refractivity contribution >= 4 is 138 Å². The number of H-pyrrole nitrogens is 6. The lowest BCUT2D eigenvalue weighted by Gasteiger charge is -2.08. The third kappa shape index (κ3) is 19.0. The number of carbonyl (C=O) groups is 4. The Labute approximate surface area is 652 Å². The number of hydrogen-bond donors (Lipinski definition) is 7. The molecule has 1 amide bonds. The van der Waals surface area contributed by atoms with E-state index in [0.29, 0.717) is 59.6 Å². The Bertz CT molecular complexity index is 6150. The molecule has 39 heteroatoms. The van der Waals surface area contributed by atoms with Gasteiger partial charge in [0.2, 0.25) is 5.91 Å². The highest BCUT2D eigenvalue weighted by Crippen LogP contribution is 2.28. The molecular formula is C73H67F2N21O11S5. The minimum Gasteiger partial charge on any atom is -0.468 e. The van der Waals surface area contributed by atoms with Crippen LogP contribution in [0.3, 0.4) is 0 Å². The van der Waals surface area contributed by atoms with Crippen molar-refractivity contribution in [3.8, 4) is 28.4 Å². The van der Waals surface area contributed by atoms with Gasteiger partial charge in [0.05, 0.1) is 84.1 Å². The van der Waals surface area contributed by atoms with E-state index in [1.807, 2.05) is 93.6 Å². The van der Waals surface area contributed by atoms with Crippen molar-refractivity contribution in [1.29, 1.82) is 0 Å². The molecule has 0 radical (unpaired) electrons. The van der Waals surface area contributed by atoms with Crippen molar-refractivity contribution in [1.82, 2.24) is 98.7 Å². The number of ether oxygens (including phenoxy) is 2. The minimum absolute atomic E-state index is 0.0323. The van der Waals surface area contributed by atoms with Gasteiger partial charge >= 0.3 is 11.9 Å². The van der Waals surface area contributed by atoms with E-state index >= 15 is 0 Å². The summed E-state index contributed by atoms with van der Waals surface area (Å²) in [7, 11) is 2.61. The van der Waals surface area contributed by atoms with Crippen molar-refractivity contribution in [3.05, 3.63) is 237 Å². The van der Waals surface area contributed by atoms with Crippen LogP contribution in [0.4, 0.5) is 8.78 Å². The van der Waals surface area contributed by atoms with E-state index in [-0.39, 0.29) is 71.6 Å². The lowest BCUT2D eigenvalue weighted by Crippen LogP contribution is -2.23. The fraction of sp³-hybridized carbons (Fsp3) is 0.192. The molecule has 0 aliphatic carbocycles. The summed E-state index contributed by atoms with van der Waals surface area (Å²) in [6, 6.07) is 35.0. The zero-order valence-corrected chi connectivity index (χ0v) is 65.0. The van der Waals surface area contributed by atoms with Gasteiger partial charge in [-0.25, -0.2) is 52.1 Å². The van der Waals surface area contributed by atoms with Gasteiger partial charge in [0, 0.05) is 0 Å². The highest BCUT2D eigenvalue weighted by atomic mass is 32.2. The lowest BCUT2D eigenvalue weighted by molar-refractivity contribution is -0.140. The summed E-state index contributed by atoms with van der Waals surface area (Å²) in [5.74, 6) is -2.14. The maximum atomic E-state index is 13.4. The molecule has 0 spiro atoms. The second-order valence-electron chi connectivity index (χ2n) is 24.5. The number of methoxy groups -OCH3 is 2. The average molecular weight is 1610 g/mol. The fourth-order valence-electron chi connectivity index (χ4n) is 10.4. The fourth-order valence-corrected chi connectivity index (χ4v) is 13.8. The van der Waals surface area contributed by atoms with Crippen molar-refractivity contribution in [2.24, 2.45) is 5.73 Å². The molecule has 0 saturated heterocycles. The van der Waals surface area contributed by atoms with Crippen LogP contribution in [0, 0.1) is 37.2 Å². The molecule has 112 heavy (non-hydrogen) atoms. The smallest absolute Gasteiger partial charge is 0.318 e. The van der Waals surface area contributed by atoms with Crippen molar-refractivity contribution in [2.45, 2.75) is 97.0 Å². The summed E-state index contributed by atoms with van der Waals surface area (Å²) in [5.41, 5.74) is 12.5. The number of aromatic nitrogens is 20. The third-order valence-corrected chi connectivity index (χ3v) is 20.4. The second kappa shape index (κ2) is 35.4. The van der Waals surface area contributed by atoms with Gasteiger partial charge in [-0.15, -0.1) is 0 Å². The molecule has 15 rings (SSSR count). The molecule has 10 aromatic heterocycles. The summed E-state index contributed by atoms with van der Waals surface area (Å²) in [4.78, 5) is 140. The van der Waals surface area contributed by atoms with E-state index in [0.717, 1.165) is 69.0 Å². The summed E-state index contributed by atoms with van der Waals surface area (Å²) in [6.07, 6.45) is 7.25. The third-order valence-electron chi connectivity index (χ3n) is 16.2. The standard InChI is InChI=1S/C16H16N4O3S.C16H16N4O2S.C15H13FN4O3S.C14H12FN5O2S.C12H10N4OS/c1-9-5-4-6-11(7-9)20-13-12(8-17-20)14(21)19-16(18-13)24-10(2)15(22)23-3;1-9-5-4-6-12(7-9)20-14-13(8-17-20)15(22)19-16(18-14)23-11(3)10(2)21;1-8(14(22)23-2)24-15-18-12-11(13(21)19-15)7-17-20(12)10-5-3-4-9(16)6-10;1-7(11(16)21)23-14-18-12-10(13(22)19-14)6-17-20(12)9-4-2-3-8(15)5-9;1-7-3-2-4-8(5-7)16-10-9(6-13-16)11(17)15-12(18)14-10/h4-8,10H,1-3H3,(H,18,19,21);4-8,11H,1-3H3,(H,18,19,22);3-8H,1-2H3,(H,18,19,21);2-7H,1H3,(H2,16,21)(H,18,19,22);2-6H,1H3,(H2,14,15,17,18). The quantitative estimate of drug-likeness (QED) is 0.0193. The number of hydrogen-bond acceptors (Lipinski definition) is 25. The summed E-state index contributed by atoms with van der Waals surface area (Å²) < 4.78 is 44.1. The van der Waals surface area contributed by atoms with E-state index in [2.05, 4.69) is 80.1 Å². The number of amides is 1. The first-order valence-electron chi connectivity index (χ1n) is 33.5. The maximum Gasteiger partial charge on any atom is 0.318 e. The Balaban J connectivity index is 0.000000139. The number of nitrogens with one attached hydrogen (secondary N) is 6. The molecule has 32 nitrogen and oxygen atoms in total. The van der Waals surface area contributed by atoms with E-state index in [9.17, 15) is 51.9 Å². The lowest BCUT2D eigenvalue weighted by atomic mass is 10.2. The zero-order valence-electron chi connectivity index (χ0n) is 60.9. The van der Waals surface area contributed by atoms with E-state index in [1.54, 1.807) is 59.9 Å². The number of nitrogens with two attached hydrogens (primary N) is 1. The summed E-state index contributed by atoms with van der Waals surface area (Å²) in [5, 5.41) is 22.2. The maximum absolute atomic E-state index is 13.4. The highest BCUT2D eigenvalue weighted by Gasteiger charge is 2.23. The molecule has 4 unspecified atom stereocenters. The number of primary amides is 1. The number of ketones is 1. The Kier molecular flexibility index (Phi) is 25.4. The van der Waals surface area contributed by atoms with Gasteiger partial charge in [-0.1, -0.05) is 95.6 Å². The molecule has 10 heterocycles. The topological polar surface area (TPSA) is 434 Å². The first kappa shape index (κ1) is 80.4. The Hall–Kier alpha value is -12.6. The minimum atomic E-state index is -0.554. The van der Waals surface area contributed by atoms with E-state index < -0.39 is 44.8 Å². The number of aryl methyl sites for hydroxylation is 3. The zero-order chi connectivity index (χ0) is 80.4. The summed E-state index contributed by atoms with van der Waals surface area (Å²) in [6.45, 7) is 14.2. The highest BCUT2D eigenvalue weighted by molar-refractivity contribution is 8.01. The van der Waals surface area contributed by atoms with Crippen LogP contribution in [-0.4, -0.2) is 158 Å². The average Bonchev–Trinajstić information content (AvgIpc) is 1.65. The number of benzene rings is 5.